The number of allylic oxidation sites excluding steroid dienone is 1. The molecule has 2 aliphatic rings. The number of ether oxygens (including phenoxy) is 2. The van der Waals surface area contributed by atoms with E-state index in [-0.39, 0.29) is 4.71 Å². The Kier molecular flexibility index (Phi) is 4.98. The molecule has 2 aliphatic heterocycles. The number of thiophene rings is 1. The van der Waals surface area contributed by atoms with Gasteiger partial charge in [-0.25, -0.2) is 4.79 Å². The zero-order chi connectivity index (χ0) is 18.1. The van der Waals surface area contributed by atoms with Crippen LogP contribution >= 0.6 is 34.7 Å². The van der Waals surface area contributed by atoms with Gasteiger partial charge in [0, 0.05) is 18.0 Å². The first-order chi connectivity index (χ1) is 12.7. The van der Waals surface area contributed by atoms with Gasteiger partial charge >= 0.3 is 6.16 Å². The molecule has 4 rings (SSSR count). The molecule has 0 saturated heterocycles. The molecule has 0 amide bonds. The predicted molar refractivity (Wildman–Crippen MR) is 106 cm³/mol. The summed E-state index contributed by atoms with van der Waals surface area (Å²) in [6.07, 6.45) is 1.20. The van der Waals surface area contributed by atoms with Crippen molar-refractivity contribution in [1.29, 1.82) is 0 Å². The van der Waals surface area contributed by atoms with Crippen LogP contribution in [0.2, 0.25) is 0 Å². The van der Waals surface area contributed by atoms with E-state index in [0.29, 0.717) is 18.8 Å². The summed E-state index contributed by atoms with van der Waals surface area (Å²) in [6.45, 7) is 1.36. The molecule has 0 saturated carbocycles. The Bertz CT molecular complexity index is 891. The molecule has 4 nitrogen and oxygen atoms in total. The molecule has 3 heterocycles. The van der Waals surface area contributed by atoms with Crippen molar-refractivity contribution in [2.45, 2.75) is 9.60 Å². The Balaban J connectivity index is 1.86. The van der Waals surface area contributed by atoms with Crippen molar-refractivity contribution >= 4 is 52.1 Å². The summed E-state index contributed by atoms with van der Waals surface area (Å²) < 4.78 is 10.2. The second-order valence-electron chi connectivity index (χ2n) is 5.83. The summed E-state index contributed by atoms with van der Waals surface area (Å²) in [5.41, 5.74) is 3.06. The highest BCUT2D eigenvalue weighted by Crippen LogP contribution is 2.45. The van der Waals surface area contributed by atoms with Crippen LogP contribution in [0.25, 0.3) is 11.3 Å². The third kappa shape index (κ3) is 3.37. The lowest BCUT2D eigenvalue weighted by atomic mass is 10.0. The lowest BCUT2D eigenvalue weighted by Gasteiger charge is -2.32. The lowest BCUT2D eigenvalue weighted by molar-refractivity contribution is 0.0991. The largest absolute Gasteiger partial charge is 0.513 e. The number of rotatable bonds is 2. The highest BCUT2D eigenvalue weighted by Gasteiger charge is 2.32. The zero-order valence-corrected chi connectivity index (χ0v) is 16.4. The van der Waals surface area contributed by atoms with Gasteiger partial charge in [-0.2, -0.15) is 0 Å². The number of halogens is 1. The van der Waals surface area contributed by atoms with E-state index in [1.54, 1.807) is 23.1 Å². The van der Waals surface area contributed by atoms with Crippen molar-refractivity contribution in [2.24, 2.45) is 0 Å². The zero-order valence-electron chi connectivity index (χ0n) is 14.0. The van der Waals surface area contributed by atoms with Crippen molar-refractivity contribution in [2.75, 3.05) is 20.2 Å². The fraction of sp³-hybridized carbons (Fsp3) is 0.211. The molecule has 0 bridgehead atoms. The van der Waals surface area contributed by atoms with E-state index in [4.69, 9.17) is 21.1 Å². The van der Waals surface area contributed by atoms with Crippen molar-refractivity contribution in [1.82, 2.24) is 4.90 Å². The van der Waals surface area contributed by atoms with Gasteiger partial charge in [0.05, 0.1) is 17.7 Å². The van der Waals surface area contributed by atoms with E-state index in [1.165, 1.54) is 7.11 Å². The first-order valence-electron chi connectivity index (χ1n) is 8.05. The molecule has 0 radical (unpaired) electrons. The molecule has 0 fully saturated rings. The third-order valence-corrected chi connectivity index (χ3v) is 6.64. The van der Waals surface area contributed by atoms with E-state index in [0.717, 1.165) is 26.6 Å². The minimum absolute atomic E-state index is 0.0876. The van der Waals surface area contributed by atoms with Crippen LogP contribution in [0.5, 0.6) is 0 Å². The Labute approximate surface area is 165 Å². The maximum atomic E-state index is 11.8. The number of benzene rings is 1. The molecule has 134 valence electrons. The minimum atomic E-state index is -0.726. The van der Waals surface area contributed by atoms with Crippen LogP contribution in [0.1, 0.15) is 10.4 Å². The molecule has 1 aromatic carbocycles. The van der Waals surface area contributed by atoms with Gasteiger partial charge in [0.15, 0.2) is 5.76 Å². The maximum absolute atomic E-state index is 11.8. The summed E-state index contributed by atoms with van der Waals surface area (Å²) in [5, 5.41) is 2.03. The molecular weight excluding hydrogens is 390 g/mol. The van der Waals surface area contributed by atoms with Crippen molar-refractivity contribution in [3.8, 4) is 0 Å². The summed E-state index contributed by atoms with van der Waals surface area (Å²) >= 11 is 9.81. The molecule has 1 aromatic heterocycles. The predicted octanol–water partition coefficient (Wildman–Crippen LogP) is 5.27. The first-order valence-corrected chi connectivity index (χ1v) is 10.2. The standard InChI is InChI=1S/C19H16ClNO3S2/c1-23-19(22)24-14-9-13(12-5-3-2-4-6-12)10-21-11-16(20)26-15-7-8-25-18(15)17(14)21/h2-9,16H,10-11H2,1H3. The fourth-order valence-corrected chi connectivity index (χ4v) is 5.65. The van der Waals surface area contributed by atoms with Gasteiger partial charge in [-0.1, -0.05) is 30.3 Å². The second kappa shape index (κ2) is 7.39. The molecule has 0 N–H and O–H groups in total. The van der Waals surface area contributed by atoms with Crippen molar-refractivity contribution in [3.63, 3.8) is 0 Å². The maximum Gasteiger partial charge on any atom is 0.513 e. The van der Waals surface area contributed by atoms with Gasteiger partial charge < -0.3 is 14.4 Å². The summed E-state index contributed by atoms with van der Waals surface area (Å²) in [6, 6.07) is 12.1. The summed E-state index contributed by atoms with van der Waals surface area (Å²) in [5.74, 6) is 0.497. The molecule has 7 heteroatoms. The van der Waals surface area contributed by atoms with E-state index >= 15 is 0 Å². The Morgan fingerprint density at radius 2 is 2.08 bits per heavy atom. The smallest absolute Gasteiger partial charge is 0.437 e. The normalized spacial score (nSPS) is 19.2. The Morgan fingerprint density at radius 1 is 1.27 bits per heavy atom. The Hall–Kier alpha value is -1.89. The number of hydrogen-bond donors (Lipinski definition) is 0. The topological polar surface area (TPSA) is 38.8 Å². The number of alkyl halides is 1. The lowest BCUT2D eigenvalue weighted by Crippen LogP contribution is -2.31. The SMILES string of the molecule is COC(=O)OC1=C2c3sccc3SC(Cl)CN2CC(c2ccccc2)=C1. The van der Waals surface area contributed by atoms with E-state index < -0.39 is 6.16 Å². The molecule has 1 atom stereocenters. The van der Waals surface area contributed by atoms with Gasteiger partial charge in [0.25, 0.3) is 0 Å². The quantitative estimate of drug-likeness (QED) is 0.502. The number of hydrogen-bond acceptors (Lipinski definition) is 6. The highest BCUT2D eigenvalue weighted by molar-refractivity contribution is 8.01. The van der Waals surface area contributed by atoms with Crippen LogP contribution in [-0.4, -0.2) is 36.0 Å². The third-order valence-electron chi connectivity index (χ3n) is 4.18. The molecule has 0 aliphatic carbocycles. The number of thioether (sulfide) groups is 1. The monoisotopic (exact) mass is 405 g/mol. The molecule has 1 unspecified atom stereocenters. The minimum Gasteiger partial charge on any atom is -0.437 e. The molecular formula is C19H16ClNO3S2. The van der Waals surface area contributed by atoms with Crippen LogP contribution in [0.3, 0.4) is 0 Å². The van der Waals surface area contributed by atoms with Crippen LogP contribution in [-0.2, 0) is 9.47 Å². The van der Waals surface area contributed by atoms with E-state index in [1.807, 2.05) is 41.8 Å². The van der Waals surface area contributed by atoms with Crippen LogP contribution in [0.4, 0.5) is 4.79 Å². The van der Waals surface area contributed by atoms with Gasteiger partial charge in [0.2, 0.25) is 0 Å². The number of fused-ring (bicyclic) bond motifs is 3. The summed E-state index contributed by atoms with van der Waals surface area (Å²) in [7, 11) is 1.31. The average Bonchev–Trinajstić information content (AvgIpc) is 3.04. The van der Waals surface area contributed by atoms with E-state index in [9.17, 15) is 4.79 Å². The fourth-order valence-electron chi connectivity index (χ4n) is 3.07. The highest BCUT2D eigenvalue weighted by atomic mass is 35.5. The molecule has 26 heavy (non-hydrogen) atoms. The first kappa shape index (κ1) is 17.5. The van der Waals surface area contributed by atoms with Crippen molar-refractivity contribution in [3.05, 3.63) is 64.1 Å². The van der Waals surface area contributed by atoms with E-state index in [2.05, 4.69) is 11.0 Å². The summed E-state index contributed by atoms with van der Waals surface area (Å²) in [4.78, 5) is 16.2. The van der Waals surface area contributed by atoms with Gasteiger partial charge in [-0.3, -0.25) is 0 Å². The number of carbonyl (C=O) groups is 1. The Morgan fingerprint density at radius 3 is 2.85 bits per heavy atom. The van der Waals surface area contributed by atoms with Gasteiger partial charge in [0.1, 0.15) is 4.71 Å². The number of methoxy groups -OCH3 is 1. The molecule has 0 spiro atoms. The van der Waals surface area contributed by atoms with Crippen LogP contribution in [0, 0.1) is 0 Å². The van der Waals surface area contributed by atoms with Crippen LogP contribution in [0.15, 0.2) is 58.5 Å². The van der Waals surface area contributed by atoms with Crippen molar-refractivity contribution < 1.29 is 14.3 Å². The van der Waals surface area contributed by atoms with Gasteiger partial charge in [-0.05, 0) is 28.7 Å². The number of carbonyl (C=O) groups excluding carboxylic acids is 1. The average molecular weight is 406 g/mol. The number of nitrogens with zero attached hydrogens (tertiary/aromatic N) is 1. The van der Waals surface area contributed by atoms with Crippen LogP contribution < -0.4 is 0 Å². The second-order valence-corrected chi connectivity index (χ2v) is 8.77. The van der Waals surface area contributed by atoms with Gasteiger partial charge in [-0.15, -0.1) is 34.7 Å². The molecule has 2 aromatic rings.